The van der Waals surface area contributed by atoms with Crippen LogP contribution in [-0.2, 0) is 9.59 Å². The molecule has 64 valence electrons. The number of carbonyl (C=O) groups is 2. The topological polar surface area (TPSA) is 57.6 Å². The lowest BCUT2D eigenvalue weighted by Crippen LogP contribution is -2.58. The number of fused-ring (bicyclic) bond motifs is 1. The summed E-state index contributed by atoms with van der Waals surface area (Å²) >= 11 is 4.53. The minimum atomic E-state index is -1.04. The smallest absolute Gasteiger partial charge is 0.353 e. The summed E-state index contributed by atoms with van der Waals surface area (Å²) in [4.78, 5) is 22.7. The van der Waals surface area contributed by atoms with Crippen LogP contribution in [0.4, 0.5) is 0 Å². The molecule has 2 rings (SSSR count). The van der Waals surface area contributed by atoms with Crippen LogP contribution in [0.25, 0.3) is 0 Å². The molecule has 1 amide bonds. The quantitative estimate of drug-likeness (QED) is 0.546. The van der Waals surface area contributed by atoms with Gasteiger partial charge in [0, 0.05) is 5.41 Å². The molecule has 0 aromatic rings. The number of hydrogen-bond acceptors (Lipinski definition) is 3. The molecule has 12 heavy (non-hydrogen) atoms. The highest BCUT2D eigenvalue weighted by atomic mass is 79.9. The van der Waals surface area contributed by atoms with E-state index in [1.807, 2.05) is 0 Å². The average Bonchev–Trinajstić information content (AvgIpc) is 2.43. The van der Waals surface area contributed by atoms with Crippen LogP contribution in [0, 0.1) is 0 Å². The van der Waals surface area contributed by atoms with Crippen molar-refractivity contribution in [3.8, 4) is 0 Å². The van der Waals surface area contributed by atoms with Crippen molar-refractivity contribution in [1.82, 2.24) is 4.90 Å². The fourth-order valence-corrected chi connectivity index (χ4v) is 3.07. The van der Waals surface area contributed by atoms with Crippen LogP contribution in [0.1, 0.15) is 0 Å². The average molecular weight is 250 g/mol. The number of carboxylic acids is 1. The van der Waals surface area contributed by atoms with Crippen LogP contribution in [0.15, 0.2) is 11.1 Å². The molecule has 0 aromatic heterocycles. The first kappa shape index (κ1) is 8.12. The Hall–Kier alpha value is -0.490. The van der Waals surface area contributed by atoms with Crippen molar-refractivity contribution in [2.24, 2.45) is 0 Å². The van der Waals surface area contributed by atoms with Crippen LogP contribution in [0.2, 0.25) is 0 Å². The zero-order valence-corrected chi connectivity index (χ0v) is 8.13. The summed E-state index contributed by atoms with van der Waals surface area (Å²) in [6, 6.07) is 0. The van der Waals surface area contributed by atoms with Crippen molar-refractivity contribution in [3.05, 3.63) is 11.1 Å². The summed E-state index contributed by atoms with van der Waals surface area (Å²) in [6.45, 7) is 0. The Morgan fingerprint density at radius 3 is 3.00 bits per heavy atom. The molecule has 0 saturated carbocycles. The predicted molar refractivity (Wildman–Crippen MR) is 46.7 cm³/mol. The molecular weight excluding hydrogens is 246 g/mol. The summed E-state index contributed by atoms with van der Waals surface area (Å²) in [7, 11) is 0. The third-order valence-corrected chi connectivity index (χ3v) is 4.14. The first-order valence-corrected chi connectivity index (χ1v) is 5.05. The summed E-state index contributed by atoms with van der Waals surface area (Å²) in [5.41, 5.74) is 0.0886. The SMILES string of the molecule is O=C(O)C1=CS[C@H]2[C@H](Br)C(=O)N12. The van der Waals surface area contributed by atoms with Crippen LogP contribution < -0.4 is 0 Å². The van der Waals surface area contributed by atoms with Crippen LogP contribution in [0.3, 0.4) is 0 Å². The van der Waals surface area contributed by atoms with Gasteiger partial charge >= 0.3 is 5.97 Å². The Bertz CT molecular complexity index is 303. The number of carbonyl (C=O) groups excluding carboxylic acids is 1. The van der Waals surface area contributed by atoms with Gasteiger partial charge in [-0.15, -0.1) is 11.8 Å². The Balaban J connectivity index is 2.23. The molecule has 1 fully saturated rings. The van der Waals surface area contributed by atoms with E-state index >= 15 is 0 Å². The molecule has 4 nitrogen and oxygen atoms in total. The third kappa shape index (κ3) is 0.847. The molecule has 6 heteroatoms. The van der Waals surface area contributed by atoms with E-state index in [4.69, 9.17) is 5.11 Å². The number of β-lactam (4-membered cyclic amide) rings is 1. The van der Waals surface area contributed by atoms with Crippen molar-refractivity contribution in [2.45, 2.75) is 10.2 Å². The van der Waals surface area contributed by atoms with Gasteiger partial charge < -0.3 is 5.11 Å². The van der Waals surface area contributed by atoms with Crippen LogP contribution >= 0.6 is 27.7 Å². The van der Waals surface area contributed by atoms with Gasteiger partial charge in [-0.05, 0) is 0 Å². The summed E-state index contributed by atoms with van der Waals surface area (Å²) < 4.78 is 0. The number of aliphatic carboxylic acids is 1. The molecule has 2 aliphatic heterocycles. The second kappa shape index (κ2) is 2.50. The molecule has 2 heterocycles. The maximum Gasteiger partial charge on any atom is 0.353 e. The highest BCUT2D eigenvalue weighted by Gasteiger charge is 2.52. The van der Waals surface area contributed by atoms with Crippen molar-refractivity contribution in [3.63, 3.8) is 0 Å². The van der Waals surface area contributed by atoms with Gasteiger partial charge in [-0.1, -0.05) is 15.9 Å². The lowest BCUT2D eigenvalue weighted by atomic mass is 10.2. The van der Waals surface area contributed by atoms with E-state index in [2.05, 4.69) is 15.9 Å². The van der Waals surface area contributed by atoms with E-state index in [1.165, 1.54) is 22.1 Å². The molecule has 2 atom stereocenters. The maximum absolute atomic E-state index is 11.1. The minimum absolute atomic E-state index is 0.0522. The molecule has 1 N–H and O–H groups in total. The van der Waals surface area contributed by atoms with Crippen molar-refractivity contribution < 1.29 is 14.7 Å². The van der Waals surface area contributed by atoms with Crippen molar-refractivity contribution in [1.29, 1.82) is 0 Å². The van der Waals surface area contributed by atoms with Crippen LogP contribution in [0.5, 0.6) is 0 Å². The van der Waals surface area contributed by atoms with E-state index in [0.717, 1.165) is 0 Å². The summed E-state index contributed by atoms with van der Waals surface area (Å²) in [5, 5.41) is 10.1. The number of amides is 1. The number of rotatable bonds is 1. The van der Waals surface area contributed by atoms with E-state index in [0.29, 0.717) is 0 Å². The second-order valence-corrected chi connectivity index (χ2v) is 4.42. The number of carboxylic acid groups (broad SMARTS) is 1. The zero-order chi connectivity index (χ0) is 8.88. The van der Waals surface area contributed by atoms with Gasteiger partial charge in [0.2, 0.25) is 5.91 Å². The van der Waals surface area contributed by atoms with E-state index in [1.54, 1.807) is 0 Å². The summed E-state index contributed by atoms with van der Waals surface area (Å²) in [6.07, 6.45) is 0. The first-order chi connectivity index (χ1) is 5.63. The van der Waals surface area contributed by atoms with Crippen molar-refractivity contribution in [2.75, 3.05) is 0 Å². The molecule has 1 saturated heterocycles. The standard InChI is InChI=1S/C6H4BrNO3S/c7-3-4(9)8-2(6(10)11)1-12-5(3)8/h1,3,5H,(H,10,11)/t3-,5+/m1/s1. The maximum atomic E-state index is 11.1. The van der Waals surface area contributed by atoms with Gasteiger partial charge in [0.15, 0.2) is 0 Å². The van der Waals surface area contributed by atoms with E-state index < -0.39 is 5.97 Å². The van der Waals surface area contributed by atoms with E-state index in [-0.39, 0.29) is 21.8 Å². The fraction of sp³-hybridized carbons (Fsp3) is 0.333. The zero-order valence-electron chi connectivity index (χ0n) is 5.73. The Morgan fingerprint density at radius 2 is 2.42 bits per heavy atom. The largest absolute Gasteiger partial charge is 0.477 e. The van der Waals surface area contributed by atoms with Gasteiger partial charge in [-0.3, -0.25) is 9.69 Å². The molecule has 0 spiro atoms. The molecule has 0 radical (unpaired) electrons. The molecular formula is C6H4BrNO3S. The lowest BCUT2D eigenvalue weighted by molar-refractivity contribution is -0.144. The first-order valence-electron chi connectivity index (χ1n) is 3.19. The number of hydrogen-bond donors (Lipinski definition) is 1. The molecule has 0 unspecified atom stereocenters. The van der Waals surface area contributed by atoms with Crippen LogP contribution in [-0.4, -0.2) is 32.1 Å². The summed E-state index contributed by atoms with van der Waals surface area (Å²) in [5.74, 6) is -1.21. The van der Waals surface area contributed by atoms with Gasteiger partial charge in [0.1, 0.15) is 15.9 Å². The minimum Gasteiger partial charge on any atom is -0.477 e. The molecule has 0 aromatic carbocycles. The highest BCUT2D eigenvalue weighted by Crippen LogP contribution is 2.44. The predicted octanol–water partition coefficient (Wildman–Crippen LogP) is 0.591. The second-order valence-electron chi connectivity index (χ2n) is 2.44. The molecule has 0 bridgehead atoms. The molecule has 2 aliphatic rings. The highest BCUT2D eigenvalue weighted by molar-refractivity contribution is 9.10. The van der Waals surface area contributed by atoms with Gasteiger partial charge in [-0.25, -0.2) is 4.79 Å². The Kier molecular flexibility index (Phi) is 1.69. The molecule has 0 aliphatic carbocycles. The Labute approximate surface area is 80.7 Å². The van der Waals surface area contributed by atoms with Gasteiger partial charge in [0.25, 0.3) is 0 Å². The number of alkyl halides is 1. The number of thioether (sulfide) groups is 1. The third-order valence-electron chi connectivity index (χ3n) is 1.78. The normalized spacial score (nSPS) is 32.6. The van der Waals surface area contributed by atoms with Gasteiger partial charge in [-0.2, -0.15) is 0 Å². The number of halogens is 1. The number of nitrogens with zero attached hydrogens (tertiary/aromatic N) is 1. The van der Waals surface area contributed by atoms with E-state index in [9.17, 15) is 9.59 Å². The fourth-order valence-electron chi connectivity index (χ4n) is 1.16. The van der Waals surface area contributed by atoms with Crippen molar-refractivity contribution >= 4 is 39.6 Å². The monoisotopic (exact) mass is 249 g/mol. The van der Waals surface area contributed by atoms with Gasteiger partial charge in [0.05, 0.1) is 0 Å². The Morgan fingerprint density at radius 1 is 1.75 bits per heavy atom. The lowest BCUT2D eigenvalue weighted by Gasteiger charge is -2.38.